The van der Waals surface area contributed by atoms with Crippen LogP contribution in [-0.4, -0.2) is 33.7 Å². The summed E-state index contributed by atoms with van der Waals surface area (Å²) in [6.07, 6.45) is 0.770. The third kappa shape index (κ3) is 4.76. The van der Waals surface area contributed by atoms with Crippen molar-refractivity contribution >= 4 is 27.3 Å². The molecule has 2 rings (SSSR count). The first kappa shape index (κ1) is 19.8. The number of sulfonamides is 1. The van der Waals surface area contributed by atoms with Crippen LogP contribution in [0.1, 0.15) is 19.4 Å². The number of nitrogens with zero attached hydrogens (tertiary/aromatic N) is 1. The van der Waals surface area contributed by atoms with E-state index in [1.165, 1.54) is 7.11 Å². The molecule has 140 valence electrons. The van der Waals surface area contributed by atoms with Gasteiger partial charge in [-0.3, -0.25) is 9.10 Å². The SMILES string of the molecule is CCc1ccccc1NC(=O)CN(c1ccc(OC)cc1)S(=O)(=O)CC. The van der Waals surface area contributed by atoms with E-state index < -0.39 is 15.9 Å². The number of rotatable bonds is 8. The summed E-state index contributed by atoms with van der Waals surface area (Å²) in [5, 5.41) is 2.81. The lowest BCUT2D eigenvalue weighted by Gasteiger charge is -2.23. The monoisotopic (exact) mass is 376 g/mol. The second-order valence-corrected chi connectivity index (χ2v) is 7.85. The summed E-state index contributed by atoms with van der Waals surface area (Å²) in [7, 11) is -2.07. The van der Waals surface area contributed by atoms with Crippen molar-refractivity contribution in [1.29, 1.82) is 0 Å². The molecule has 0 aliphatic heterocycles. The van der Waals surface area contributed by atoms with Gasteiger partial charge < -0.3 is 10.1 Å². The number of aryl methyl sites for hydroxylation is 1. The van der Waals surface area contributed by atoms with Crippen molar-refractivity contribution in [1.82, 2.24) is 0 Å². The Labute approximate surface area is 154 Å². The number of nitrogens with one attached hydrogen (secondary N) is 1. The Morgan fingerprint density at radius 2 is 1.73 bits per heavy atom. The molecule has 0 heterocycles. The Bertz CT molecular complexity index is 848. The maximum absolute atomic E-state index is 12.5. The summed E-state index contributed by atoms with van der Waals surface area (Å²) in [5.41, 5.74) is 2.12. The molecule has 2 aromatic carbocycles. The first-order valence-corrected chi connectivity index (χ1v) is 10.0. The summed E-state index contributed by atoms with van der Waals surface area (Å²) in [6.45, 7) is 3.26. The highest BCUT2D eigenvalue weighted by Gasteiger charge is 2.23. The lowest BCUT2D eigenvalue weighted by molar-refractivity contribution is -0.114. The smallest absolute Gasteiger partial charge is 0.245 e. The van der Waals surface area contributed by atoms with Crippen molar-refractivity contribution in [2.75, 3.05) is 29.0 Å². The molecule has 0 saturated heterocycles. The fourth-order valence-corrected chi connectivity index (χ4v) is 3.59. The molecule has 0 unspecified atom stereocenters. The third-order valence-corrected chi connectivity index (χ3v) is 5.76. The van der Waals surface area contributed by atoms with E-state index in [4.69, 9.17) is 4.74 Å². The molecule has 0 spiro atoms. The topological polar surface area (TPSA) is 75.7 Å². The highest BCUT2D eigenvalue weighted by Crippen LogP contribution is 2.22. The van der Waals surface area contributed by atoms with Gasteiger partial charge in [0, 0.05) is 5.69 Å². The number of methoxy groups -OCH3 is 1. The van der Waals surface area contributed by atoms with E-state index in [0.29, 0.717) is 17.1 Å². The largest absolute Gasteiger partial charge is 0.497 e. The van der Waals surface area contributed by atoms with E-state index in [1.807, 2.05) is 31.2 Å². The summed E-state index contributed by atoms with van der Waals surface area (Å²) in [4.78, 5) is 12.5. The lowest BCUT2D eigenvalue weighted by atomic mass is 10.1. The number of hydrogen-bond donors (Lipinski definition) is 1. The van der Waals surface area contributed by atoms with Crippen LogP contribution >= 0.6 is 0 Å². The van der Waals surface area contributed by atoms with Crippen LogP contribution in [0, 0.1) is 0 Å². The maximum atomic E-state index is 12.5. The van der Waals surface area contributed by atoms with Gasteiger partial charge in [-0.2, -0.15) is 0 Å². The second kappa shape index (κ2) is 8.71. The predicted octanol–water partition coefficient (Wildman–Crippen LogP) is 3.05. The molecule has 2 aromatic rings. The Morgan fingerprint density at radius 3 is 2.31 bits per heavy atom. The van der Waals surface area contributed by atoms with E-state index in [9.17, 15) is 13.2 Å². The number of amides is 1. The molecule has 0 saturated carbocycles. The minimum atomic E-state index is -3.60. The van der Waals surface area contributed by atoms with Crippen molar-refractivity contribution in [3.05, 3.63) is 54.1 Å². The van der Waals surface area contributed by atoms with Crippen molar-refractivity contribution in [3.63, 3.8) is 0 Å². The fourth-order valence-electron chi connectivity index (χ4n) is 2.53. The van der Waals surface area contributed by atoms with Gasteiger partial charge in [-0.05, 0) is 49.2 Å². The van der Waals surface area contributed by atoms with Gasteiger partial charge >= 0.3 is 0 Å². The van der Waals surface area contributed by atoms with Gasteiger partial charge in [0.15, 0.2) is 0 Å². The average Bonchev–Trinajstić information content (AvgIpc) is 2.66. The van der Waals surface area contributed by atoms with E-state index in [0.717, 1.165) is 16.3 Å². The van der Waals surface area contributed by atoms with Gasteiger partial charge in [-0.15, -0.1) is 0 Å². The molecule has 0 radical (unpaired) electrons. The molecule has 0 atom stereocenters. The van der Waals surface area contributed by atoms with Crippen LogP contribution in [0.3, 0.4) is 0 Å². The number of ether oxygens (including phenoxy) is 1. The number of carbonyl (C=O) groups is 1. The minimum Gasteiger partial charge on any atom is -0.497 e. The summed E-state index contributed by atoms with van der Waals surface area (Å²) < 4.78 is 31.2. The quantitative estimate of drug-likeness (QED) is 0.768. The van der Waals surface area contributed by atoms with Crippen LogP contribution < -0.4 is 14.4 Å². The third-order valence-electron chi connectivity index (χ3n) is 4.02. The van der Waals surface area contributed by atoms with E-state index in [-0.39, 0.29) is 12.3 Å². The van der Waals surface area contributed by atoms with Crippen LogP contribution in [0.5, 0.6) is 5.75 Å². The Kier molecular flexibility index (Phi) is 6.63. The molecular formula is C19H24N2O4S. The van der Waals surface area contributed by atoms with Crippen LogP contribution in [-0.2, 0) is 21.2 Å². The Morgan fingerprint density at radius 1 is 1.08 bits per heavy atom. The summed E-state index contributed by atoms with van der Waals surface area (Å²) >= 11 is 0. The number of hydrogen-bond acceptors (Lipinski definition) is 4. The molecule has 1 N–H and O–H groups in total. The van der Waals surface area contributed by atoms with Crippen molar-refractivity contribution in [2.45, 2.75) is 20.3 Å². The van der Waals surface area contributed by atoms with Gasteiger partial charge in [-0.25, -0.2) is 8.42 Å². The normalized spacial score (nSPS) is 11.0. The zero-order valence-electron chi connectivity index (χ0n) is 15.2. The zero-order valence-corrected chi connectivity index (χ0v) is 16.0. The molecule has 6 nitrogen and oxygen atoms in total. The molecule has 7 heteroatoms. The predicted molar refractivity (Wildman–Crippen MR) is 104 cm³/mol. The number of carbonyl (C=O) groups excluding carboxylic acids is 1. The number of benzene rings is 2. The number of anilines is 2. The summed E-state index contributed by atoms with van der Waals surface area (Å²) in [6, 6.07) is 14.1. The fraction of sp³-hybridized carbons (Fsp3) is 0.316. The van der Waals surface area contributed by atoms with Crippen molar-refractivity contribution < 1.29 is 17.9 Å². The maximum Gasteiger partial charge on any atom is 0.245 e. The van der Waals surface area contributed by atoms with E-state index >= 15 is 0 Å². The van der Waals surface area contributed by atoms with E-state index in [1.54, 1.807) is 31.2 Å². The van der Waals surface area contributed by atoms with Gasteiger partial charge in [0.05, 0.1) is 18.6 Å². The molecule has 0 aromatic heterocycles. The van der Waals surface area contributed by atoms with Crippen molar-refractivity contribution in [2.24, 2.45) is 0 Å². The van der Waals surface area contributed by atoms with Crippen molar-refractivity contribution in [3.8, 4) is 5.75 Å². The van der Waals surface area contributed by atoms with Gasteiger partial charge in [-0.1, -0.05) is 25.1 Å². The Hall–Kier alpha value is -2.54. The molecule has 0 aliphatic rings. The van der Waals surface area contributed by atoms with Gasteiger partial charge in [0.1, 0.15) is 12.3 Å². The molecule has 26 heavy (non-hydrogen) atoms. The minimum absolute atomic E-state index is 0.0993. The Balaban J connectivity index is 2.25. The first-order valence-electron chi connectivity index (χ1n) is 8.43. The van der Waals surface area contributed by atoms with Crippen LogP contribution in [0.4, 0.5) is 11.4 Å². The first-order chi connectivity index (χ1) is 12.4. The highest BCUT2D eigenvalue weighted by molar-refractivity contribution is 7.92. The molecule has 0 bridgehead atoms. The van der Waals surface area contributed by atoms with Crippen LogP contribution in [0.25, 0.3) is 0 Å². The molecule has 0 fully saturated rings. The van der Waals surface area contributed by atoms with Crippen LogP contribution in [0.15, 0.2) is 48.5 Å². The van der Waals surface area contributed by atoms with Gasteiger partial charge in [0.25, 0.3) is 0 Å². The second-order valence-electron chi connectivity index (χ2n) is 5.66. The van der Waals surface area contributed by atoms with Crippen LogP contribution in [0.2, 0.25) is 0 Å². The molecule has 1 amide bonds. The lowest BCUT2D eigenvalue weighted by Crippen LogP contribution is -2.39. The van der Waals surface area contributed by atoms with E-state index in [2.05, 4.69) is 5.32 Å². The highest BCUT2D eigenvalue weighted by atomic mass is 32.2. The summed E-state index contributed by atoms with van der Waals surface area (Å²) in [5.74, 6) is 0.125. The van der Waals surface area contributed by atoms with Gasteiger partial charge in [0.2, 0.25) is 15.9 Å². The average molecular weight is 376 g/mol. The molecular weight excluding hydrogens is 352 g/mol. The molecule has 0 aliphatic carbocycles. The standard InChI is InChI=1S/C19H24N2O4S/c1-4-15-8-6-7-9-18(15)20-19(22)14-21(26(23,24)5-2)16-10-12-17(25-3)13-11-16/h6-13H,4-5,14H2,1-3H3,(H,20,22). The number of para-hydroxylation sites is 1. The zero-order chi connectivity index (χ0) is 19.2.